The van der Waals surface area contributed by atoms with E-state index in [1.54, 1.807) is 6.33 Å². The second-order valence-electron chi connectivity index (χ2n) is 7.28. The molecule has 0 bridgehead atoms. The molecule has 8 heteroatoms. The van der Waals surface area contributed by atoms with Gasteiger partial charge in [0.1, 0.15) is 12.2 Å². The zero-order valence-electron chi connectivity index (χ0n) is 16.6. The molecule has 1 aliphatic heterocycles. The molecular formula is C19H28N8. The Bertz CT molecular complexity index is 941. The third-order valence-corrected chi connectivity index (χ3v) is 5.45. The summed E-state index contributed by atoms with van der Waals surface area (Å²) in [5.74, 6) is 1.70. The number of aryl methyl sites for hydroxylation is 2. The van der Waals surface area contributed by atoms with Crippen LogP contribution in [0.2, 0.25) is 0 Å². The van der Waals surface area contributed by atoms with E-state index in [-0.39, 0.29) is 0 Å². The zero-order valence-corrected chi connectivity index (χ0v) is 16.6. The van der Waals surface area contributed by atoms with Crippen molar-refractivity contribution in [2.24, 2.45) is 7.05 Å². The number of anilines is 1. The van der Waals surface area contributed by atoms with E-state index in [1.165, 1.54) is 6.42 Å². The average Bonchev–Trinajstić information content (AvgIpc) is 3.34. The van der Waals surface area contributed by atoms with Crippen molar-refractivity contribution < 1.29 is 0 Å². The first kappa shape index (κ1) is 17.9. The van der Waals surface area contributed by atoms with Crippen LogP contribution in [0.1, 0.15) is 32.4 Å². The van der Waals surface area contributed by atoms with Crippen LogP contribution in [0.5, 0.6) is 0 Å². The lowest BCUT2D eigenvalue weighted by atomic mass is 10.2. The summed E-state index contributed by atoms with van der Waals surface area (Å²) in [5, 5.41) is 8.07. The summed E-state index contributed by atoms with van der Waals surface area (Å²) in [4.78, 5) is 16.4. The second kappa shape index (κ2) is 7.26. The lowest BCUT2D eigenvalue weighted by Gasteiger charge is -2.16. The van der Waals surface area contributed by atoms with Gasteiger partial charge in [0.15, 0.2) is 17.0 Å². The van der Waals surface area contributed by atoms with E-state index < -0.39 is 0 Å². The molecule has 4 rings (SSSR count). The van der Waals surface area contributed by atoms with E-state index in [0.29, 0.717) is 6.04 Å². The maximum Gasteiger partial charge on any atom is 0.165 e. The Kier molecular flexibility index (Phi) is 4.82. The van der Waals surface area contributed by atoms with Gasteiger partial charge in [-0.3, -0.25) is 4.68 Å². The molecule has 3 aromatic rings. The molecule has 1 unspecified atom stereocenters. The van der Waals surface area contributed by atoms with E-state index in [9.17, 15) is 0 Å². The summed E-state index contributed by atoms with van der Waals surface area (Å²) < 4.78 is 4.02. The number of nitrogens with one attached hydrogen (secondary N) is 1. The highest BCUT2D eigenvalue weighted by atomic mass is 15.3. The third-order valence-electron chi connectivity index (χ3n) is 5.45. The fourth-order valence-corrected chi connectivity index (χ4v) is 3.99. The molecule has 1 fully saturated rings. The normalized spacial score (nSPS) is 17.9. The van der Waals surface area contributed by atoms with Gasteiger partial charge >= 0.3 is 0 Å². The van der Waals surface area contributed by atoms with Crippen LogP contribution >= 0.6 is 0 Å². The number of imidazole rings is 1. The minimum atomic E-state index is 0.407. The molecule has 27 heavy (non-hydrogen) atoms. The van der Waals surface area contributed by atoms with Gasteiger partial charge in [-0.05, 0) is 33.2 Å². The van der Waals surface area contributed by atoms with Crippen molar-refractivity contribution in [3.63, 3.8) is 0 Å². The van der Waals surface area contributed by atoms with Crippen LogP contribution in [0.25, 0.3) is 22.6 Å². The quantitative estimate of drug-likeness (QED) is 0.720. The van der Waals surface area contributed by atoms with Crippen LogP contribution in [-0.4, -0.2) is 59.9 Å². The molecule has 1 N–H and O–H groups in total. The Morgan fingerprint density at radius 2 is 2.11 bits per heavy atom. The summed E-state index contributed by atoms with van der Waals surface area (Å²) in [6.45, 7) is 10.6. The standard InChI is InChI=1S/C19H28N8/c1-5-8-26-9-7-14(11-26)23-17-16-19(21-12-20-17)25(4)18(24-16)15-10-22-27(6-2)13(15)3/h10,12,14H,5-9,11H2,1-4H3,(H,20,21,23). The average molecular weight is 368 g/mol. The van der Waals surface area contributed by atoms with Gasteiger partial charge in [0, 0.05) is 38.4 Å². The Morgan fingerprint density at radius 3 is 2.85 bits per heavy atom. The molecule has 1 aliphatic rings. The van der Waals surface area contributed by atoms with Crippen molar-refractivity contribution in [1.82, 2.24) is 34.2 Å². The summed E-state index contributed by atoms with van der Waals surface area (Å²) >= 11 is 0. The second-order valence-corrected chi connectivity index (χ2v) is 7.28. The predicted octanol–water partition coefficient (Wildman–Crippen LogP) is 2.45. The van der Waals surface area contributed by atoms with Crippen LogP contribution in [0.15, 0.2) is 12.5 Å². The molecule has 4 heterocycles. The Hall–Kier alpha value is -2.48. The maximum atomic E-state index is 4.90. The fourth-order valence-electron chi connectivity index (χ4n) is 3.99. The minimum absolute atomic E-state index is 0.407. The molecule has 3 aromatic heterocycles. The van der Waals surface area contributed by atoms with Crippen LogP contribution in [0.3, 0.4) is 0 Å². The van der Waals surface area contributed by atoms with Gasteiger partial charge in [0.05, 0.1) is 11.8 Å². The van der Waals surface area contributed by atoms with E-state index >= 15 is 0 Å². The molecule has 0 aliphatic carbocycles. The van der Waals surface area contributed by atoms with Crippen LogP contribution in [0, 0.1) is 6.92 Å². The van der Waals surface area contributed by atoms with Crippen LogP contribution in [-0.2, 0) is 13.6 Å². The molecule has 8 nitrogen and oxygen atoms in total. The molecule has 1 saturated heterocycles. The Balaban J connectivity index is 1.67. The Morgan fingerprint density at radius 1 is 1.26 bits per heavy atom. The van der Waals surface area contributed by atoms with Gasteiger partial charge < -0.3 is 14.8 Å². The van der Waals surface area contributed by atoms with Gasteiger partial charge in [0.25, 0.3) is 0 Å². The van der Waals surface area contributed by atoms with E-state index in [4.69, 9.17) is 4.98 Å². The van der Waals surface area contributed by atoms with Crippen molar-refractivity contribution in [3.8, 4) is 11.4 Å². The number of nitrogens with zero attached hydrogens (tertiary/aromatic N) is 7. The molecule has 0 amide bonds. The van der Waals surface area contributed by atoms with E-state index in [2.05, 4.69) is 46.1 Å². The van der Waals surface area contributed by atoms with Crippen molar-refractivity contribution in [2.75, 3.05) is 25.0 Å². The first-order chi connectivity index (χ1) is 13.1. The first-order valence-corrected chi connectivity index (χ1v) is 9.81. The van der Waals surface area contributed by atoms with Crippen molar-refractivity contribution in [1.29, 1.82) is 0 Å². The zero-order chi connectivity index (χ0) is 19.0. The fraction of sp³-hybridized carbons (Fsp3) is 0.579. The van der Waals surface area contributed by atoms with Gasteiger partial charge in [-0.15, -0.1) is 0 Å². The monoisotopic (exact) mass is 368 g/mol. The number of hydrogen-bond acceptors (Lipinski definition) is 6. The van der Waals surface area contributed by atoms with Gasteiger partial charge in [-0.2, -0.15) is 5.10 Å². The molecule has 144 valence electrons. The third kappa shape index (κ3) is 3.18. The molecule has 0 saturated carbocycles. The predicted molar refractivity (Wildman–Crippen MR) is 107 cm³/mol. The van der Waals surface area contributed by atoms with Crippen LogP contribution < -0.4 is 5.32 Å². The summed E-state index contributed by atoms with van der Waals surface area (Å²) in [7, 11) is 2.00. The summed E-state index contributed by atoms with van der Waals surface area (Å²) in [6.07, 6.45) is 5.84. The van der Waals surface area contributed by atoms with Crippen molar-refractivity contribution in [3.05, 3.63) is 18.2 Å². The first-order valence-electron chi connectivity index (χ1n) is 9.81. The molecule has 1 atom stereocenters. The lowest BCUT2D eigenvalue weighted by Crippen LogP contribution is -2.27. The summed E-state index contributed by atoms with van der Waals surface area (Å²) in [5.41, 5.74) is 3.82. The molecule has 0 aromatic carbocycles. The smallest absolute Gasteiger partial charge is 0.165 e. The number of hydrogen-bond donors (Lipinski definition) is 1. The number of rotatable bonds is 6. The van der Waals surface area contributed by atoms with Crippen molar-refractivity contribution >= 4 is 17.0 Å². The van der Waals surface area contributed by atoms with Gasteiger partial charge in [-0.25, -0.2) is 15.0 Å². The van der Waals surface area contributed by atoms with Gasteiger partial charge in [0.2, 0.25) is 0 Å². The van der Waals surface area contributed by atoms with Crippen molar-refractivity contribution in [2.45, 2.75) is 46.2 Å². The number of fused-ring (bicyclic) bond motifs is 1. The highest BCUT2D eigenvalue weighted by molar-refractivity contribution is 5.86. The topological polar surface area (TPSA) is 76.7 Å². The lowest BCUT2D eigenvalue weighted by molar-refractivity contribution is 0.337. The van der Waals surface area contributed by atoms with E-state index in [1.807, 2.05) is 22.5 Å². The SMILES string of the molecule is CCCN1CCC(Nc2ncnc3c2nc(-c2cnn(CC)c2C)n3C)C1. The minimum Gasteiger partial charge on any atom is -0.364 e. The molecule has 0 spiro atoms. The van der Waals surface area contributed by atoms with Crippen LogP contribution in [0.4, 0.5) is 5.82 Å². The molecular weight excluding hydrogens is 340 g/mol. The maximum absolute atomic E-state index is 4.90. The number of aromatic nitrogens is 6. The molecule has 0 radical (unpaired) electrons. The number of likely N-dealkylation sites (tertiary alicyclic amines) is 1. The Labute approximate surface area is 159 Å². The highest BCUT2D eigenvalue weighted by Crippen LogP contribution is 2.28. The largest absolute Gasteiger partial charge is 0.364 e. The van der Waals surface area contributed by atoms with E-state index in [0.717, 1.165) is 66.7 Å². The summed E-state index contributed by atoms with van der Waals surface area (Å²) in [6, 6.07) is 0.407. The highest BCUT2D eigenvalue weighted by Gasteiger charge is 2.24. The van der Waals surface area contributed by atoms with Gasteiger partial charge in [-0.1, -0.05) is 6.92 Å².